The lowest BCUT2D eigenvalue weighted by molar-refractivity contribution is -0.124. The third-order valence-electron chi connectivity index (χ3n) is 3.26. The largest absolute Gasteiger partial charge is 0.488 e. The molecule has 1 aromatic carbocycles. The molecule has 0 aromatic heterocycles. The van der Waals surface area contributed by atoms with Crippen LogP contribution in [-0.2, 0) is 10.3 Å². The fourth-order valence-electron chi connectivity index (χ4n) is 2.26. The van der Waals surface area contributed by atoms with Gasteiger partial charge < -0.3 is 10.1 Å². The normalized spacial score (nSPS) is 21.9. The van der Waals surface area contributed by atoms with Crippen LogP contribution in [0.1, 0.15) is 32.8 Å². The highest BCUT2D eigenvalue weighted by Crippen LogP contribution is 2.31. The predicted octanol–water partition coefficient (Wildman–Crippen LogP) is 2.06. The number of ether oxygens (including phenoxy) is 1. The quantitative estimate of drug-likeness (QED) is 0.830. The number of imide groups is 1. The number of amides is 3. The molecule has 1 fully saturated rings. The zero-order chi connectivity index (χ0) is 14.9. The van der Waals surface area contributed by atoms with E-state index in [0.717, 1.165) is 0 Å². The molecule has 1 aliphatic rings. The van der Waals surface area contributed by atoms with Crippen LogP contribution < -0.4 is 15.4 Å². The van der Waals surface area contributed by atoms with E-state index in [1.165, 1.54) is 12.1 Å². The van der Waals surface area contributed by atoms with E-state index in [-0.39, 0.29) is 11.9 Å². The lowest BCUT2D eigenvalue weighted by Crippen LogP contribution is -2.43. The number of carbonyl (C=O) groups is 2. The third kappa shape index (κ3) is 2.33. The molecule has 1 unspecified atom stereocenters. The van der Waals surface area contributed by atoms with Crippen LogP contribution in [0.15, 0.2) is 18.2 Å². The molecule has 1 aliphatic heterocycles. The van der Waals surface area contributed by atoms with E-state index in [1.807, 2.05) is 0 Å². The number of rotatable bonds is 4. The Kier molecular flexibility index (Phi) is 3.65. The Morgan fingerprint density at radius 3 is 2.50 bits per heavy atom. The summed E-state index contributed by atoms with van der Waals surface area (Å²) in [6.07, 6.45) is 0.180. The van der Waals surface area contributed by atoms with E-state index in [9.17, 15) is 14.0 Å². The summed E-state index contributed by atoms with van der Waals surface area (Å²) in [5.41, 5.74) is -0.814. The van der Waals surface area contributed by atoms with Crippen LogP contribution in [0.2, 0.25) is 0 Å². The Hall–Kier alpha value is -2.11. The lowest BCUT2D eigenvalue weighted by atomic mass is 9.87. The highest BCUT2D eigenvalue weighted by molar-refractivity contribution is 6.07. The number of urea groups is 1. The maximum atomic E-state index is 14.0. The summed E-state index contributed by atoms with van der Waals surface area (Å²) >= 11 is 0. The molecule has 5 nitrogen and oxygen atoms in total. The number of hydrogen-bond donors (Lipinski definition) is 2. The number of carbonyl (C=O) groups excluding carboxylic acids is 2. The Morgan fingerprint density at radius 2 is 2.05 bits per heavy atom. The molecule has 0 saturated carbocycles. The highest BCUT2D eigenvalue weighted by Gasteiger charge is 2.46. The summed E-state index contributed by atoms with van der Waals surface area (Å²) < 4.78 is 19.3. The van der Waals surface area contributed by atoms with Crippen molar-refractivity contribution >= 4 is 11.9 Å². The first-order chi connectivity index (χ1) is 9.39. The first-order valence-corrected chi connectivity index (χ1v) is 6.49. The van der Waals surface area contributed by atoms with Crippen LogP contribution >= 0.6 is 0 Å². The molecule has 1 atom stereocenters. The summed E-state index contributed by atoms with van der Waals surface area (Å²) in [6, 6.07) is 3.72. The average Bonchev–Trinajstić information content (AvgIpc) is 2.67. The first kappa shape index (κ1) is 14.3. The van der Waals surface area contributed by atoms with Gasteiger partial charge in [0, 0.05) is 0 Å². The summed E-state index contributed by atoms with van der Waals surface area (Å²) in [5, 5.41) is 4.74. The molecule has 0 radical (unpaired) electrons. The third-order valence-corrected chi connectivity index (χ3v) is 3.26. The van der Waals surface area contributed by atoms with Crippen LogP contribution in [0, 0.1) is 5.82 Å². The molecule has 1 saturated heterocycles. The Labute approximate surface area is 116 Å². The van der Waals surface area contributed by atoms with Gasteiger partial charge >= 0.3 is 6.03 Å². The van der Waals surface area contributed by atoms with E-state index >= 15 is 0 Å². The van der Waals surface area contributed by atoms with Crippen molar-refractivity contribution in [3.05, 3.63) is 29.6 Å². The number of halogens is 1. The fourth-order valence-corrected chi connectivity index (χ4v) is 2.26. The van der Waals surface area contributed by atoms with Gasteiger partial charge in [-0.25, -0.2) is 9.18 Å². The van der Waals surface area contributed by atoms with Crippen LogP contribution in [-0.4, -0.2) is 18.0 Å². The lowest BCUT2D eigenvalue weighted by Gasteiger charge is -2.25. The maximum Gasteiger partial charge on any atom is 0.322 e. The smallest absolute Gasteiger partial charge is 0.322 e. The molecule has 6 heteroatoms. The van der Waals surface area contributed by atoms with Crippen molar-refractivity contribution in [1.29, 1.82) is 0 Å². The van der Waals surface area contributed by atoms with E-state index < -0.39 is 23.3 Å². The summed E-state index contributed by atoms with van der Waals surface area (Å²) in [6.45, 7) is 5.35. The van der Waals surface area contributed by atoms with E-state index in [2.05, 4.69) is 10.6 Å². The molecule has 0 spiro atoms. The van der Waals surface area contributed by atoms with Crippen molar-refractivity contribution in [2.45, 2.75) is 38.8 Å². The highest BCUT2D eigenvalue weighted by atomic mass is 19.1. The molecule has 0 bridgehead atoms. The molecule has 108 valence electrons. The SMILES string of the molecule is CCC1(c2ccc(OC(C)C)c(F)c2)NC(=O)NC1=O. The zero-order valence-electron chi connectivity index (χ0n) is 11.6. The molecular weight excluding hydrogens is 263 g/mol. The predicted molar refractivity (Wildman–Crippen MR) is 70.8 cm³/mol. The minimum Gasteiger partial charge on any atom is -0.488 e. The van der Waals surface area contributed by atoms with Crippen molar-refractivity contribution in [3.63, 3.8) is 0 Å². The van der Waals surface area contributed by atoms with Gasteiger partial charge in [-0.05, 0) is 38.0 Å². The van der Waals surface area contributed by atoms with Crippen LogP contribution in [0.3, 0.4) is 0 Å². The van der Waals surface area contributed by atoms with Gasteiger partial charge in [-0.15, -0.1) is 0 Å². The molecule has 3 amide bonds. The van der Waals surface area contributed by atoms with Crippen molar-refractivity contribution in [2.75, 3.05) is 0 Å². The van der Waals surface area contributed by atoms with Gasteiger partial charge in [-0.3, -0.25) is 10.1 Å². The topological polar surface area (TPSA) is 67.4 Å². The minimum atomic E-state index is -1.21. The van der Waals surface area contributed by atoms with E-state index in [1.54, 1.807) is 26.8 Å². The minimum absolute atomic E-state index is 0.125. The second kappa shape index (κ2) is 5.11. The fraction of sp³-hybridized carbons (Fsp3) is 0.429. The Balaban J connectivity index is 2.40. The zero-order valence-corrected chi connectivity index (χ0v) is 11.6. The van der Waals surface area contributed by atoms with Gasteiger partial charge in [0.25, 0.3) is 5.91 Å². The molecular formula is C14H17FN2O3. The van der Waals surface area contributed by atoms with Crippen molar-refractivity contribution in [2.24, 2.45) is 0 Å². The van der Waals surface area contributed by atoms with Crippen LogP contribution in [0.5, 0.6) is 5.75 Å². The van der Waals surface area contributed by atoms with Gasteiger partial charge in [0.1, 0.15) is 5.54 Å². The molecule has 20 heavy (non-hydrogen) atoms. The van der Waals surface area contributed by atoms with Crippen molar-refractivity contribution in [1.82, 2.24) is 10.6 Å². The first-order valence-electron chi connectivity index (χ1n) is 6.49. The summed E-state index contributed by atoms with van der Waals surface area (Å²) in [7, 11) is 0. The average molecular weight is 280 g/mol. The Bertz CT molecular complexity index is 559. The molecule has 0 aliphatic carbocycles. The second-order valence-electron chi connectivity index (χ2n) is 4.98. The number of hydrogen-bond acceptors (Lipinski definition) is 3. The molecule has 1 heterocycles. The van der Waals surface area contributed by atoms with Gasteiger partial charge in [0.2, 0.25) is 0 Å². The van der Waals surface area contributed by atoms with Crippen LogP contribution in [0.4, 0.5) is 9.18 Å². The second-order valence-corrected chi connectivity index (χ2v) is 4.98. The van der Waals surface area contributed by atoms with E-state index in [4.69, 9.17) is 4.74 Å². The summed E-state index contributed by atoms with van der Waals surface area (Å²) in [5.74, 6) is -0.903. The van der Waals surface area contributed by atoms with Crippen molar-refractivity contribution in [3.8, 4) is 5.75 Å². The van der Waals surface area contributed by atoms with Crippen molar-refractivity contribution < 1.29 is 18.7 Å². The molecule has 2 N–H and O–H groups in total. The molecule has 1 aromatic rings. The molecule has 2 rings (SSSR count). The van der Waals surface area contributed by atoms with Gasteiger partial charge in [-0.2, -0.15) is 0 Å². The van der Waals surface area contributed by atoms with Gasteiger partial charge in [0.15, 0.2) is 11.6 Å². The maximum absolute atomic E-state index is 14.0. The number of nitrogens with one attached hydrogen (secondary N) is 2. The van der Waals surface area contributed by atoms with Gasteiger partial charge in [-0.1, -0.05) is 13.0 Å². The van der Waals surface area contributed by atoms with Crippen LogP contribution in [0.25, 0.3) is 0 Å². The standard InChI is InChI=1S/C14H17FN2O3/c1-4-14(12(18)16-13(19)17-14)9-5-6-11(10(15)7-9)20-8(2)3/h5-8H,4H2,1-3H3,(H2,16,17,18,19). The number of benzene rings is 1. The van der Waals surface area contributed by atoms with Gasteiger partial charge in [0.05, 0.1) is 6.10 Å². The van der Waals surface area contributed by atoms with E-state index in [0.29, 0.717) is 12.0 Å². The summed E-state index contributed by atoms with van der Waals surface area (Å²) in [4.78, 5) is 23.3. The monoisotopic (exact) mass is 280 g/mol. The Morgan fingerprint density at radius 1 is 1.35 bits per heavy atom.